The van der Waals surface area contributed by atoms with Gasteiger partial charge in [0.1, 0.15) is 11.6 Å². The number of halogens is 1. The molecule has 0 radical (unpaired) electrons. The van der Waals surface area contributed by atoms with Crippen molar-refractivity contribution in [3.8, 4) is 0 Å². The average Bonchev–Trinajstić information content (AvgIpc) is 2.78. The number of fused-ring (bicyclic) bond motifs is 1. The molecule has 3 aromatic rings. The summed E-state index contributed by atoms with van der Waals surface area (Å²) in [5, 5.41) is 0. The molecule has 0 aliphatic heterocycles. The maximum atomic E-state index is 13.2. The van der Waals surface area contributed by atoms with Gasteiger partial charge in [0.05, 0.1) is 23.1 Å². The molecule has 2 heterocycles. The lowest BCUT2D eigenvalue weighted by Gasteiger charge is -2.00. The first-order valence-corrected chi connectivity index (χ1v) is 5.82. The number of imidazole rings is 1. The molecule has 0 spiro atoms. The van der Waals surface area contributed by atoms with Crippen molar-refractivity contribution in [3.63, 3.8) is 0 Å². The zero-order valence-corrected chi connectivity index (χ0v) is 10.2. The minimum atomic E-state index is -0.839. The fraction of sp³-hybridized carbons (Fsp3) is 0.154. The fourth-order valence-electron chi connectivity index (χ4n) is 1.96. The molecule has 0 aliphatic carbocycles. The van der Waals surface area contributed by atoms with Gasteiger partial charge in [-0.15, -0.1) is 0 Å². The Morgan fingerprint density at radius 2 is 1.89 bits per heavy atom. The zero-order chi connectivity index (χ0) is 13.4. The summed E-state index contributed by atoms with van der Waals surface area (Å²) in [4.78, 5) is 25.2. The van der Waals surface area contributed by atoms with Crippen LogP contribution in [-0.2, 0) is 6.42 Å². The Kier molecular flexibility index (Phi) is 2.63. The molecule has 19 heavy (non-hydrogen) atoms. The lowest BCUT2D eigenvalue weighted by Crippen LogP contribution is -2.17. The second-order valence-electron chi connectivity index (χ2n) is 4.29. The van der Waals surface area contributed by atoms with Gasteiger partial charge in [0.15, 0.2) is 0 Å². The summed E-state index contributed by atoms with van der Waals surface area (Å²) < 4.78 is 13.2. The minimum Gasteiger partial charge on any atom is -0.342 e. The van der Waals surface area contributed by atoms with Gasteiger partial charge in [0.2, 0.25) is 5.82 Å². The number of aromatic amines is 2. The molecule has 6 heteroatoms. The SMILES string of the molecule is Cc1nc(Cc2nc3ccccc3[nH]2)[nH]c(=O)c1F. The molecular formula is C13H11FN4O. The first-order chi connectivity index (χ1) is 9.13. The molecule has 0 fully saturated rings. The molecule has 0 amide bonds. The molecule has 0 atom stereocenters. The van der Waals surface area contributed by atoms with Crippen molar-refractivity contribution in [3.05, 3.63) is 57.8 Å². The first kappa shape index (κ1) is 11.6. The van der Waals surface area contributed by atoms with Crippen molar-refractivity contribution < 1.29 is 4.39 Å². The van der Waals surface area contributed by atoms with E-state index in [9.17, 15) is 9.18 Å². The van der Waals surface area contributed by atoms with E-state index in [0.717, 1.165) is 11.0 Å². The van der Waals surface area contributed by atoms with Crippen LogP contribution in [0.5, 0.6) is 0 Å². The lowest BCUT2D eigenvalue weighted by atomic mass is 10.3. The second kappa shape index (κ2) is 4.31. The smallest absolute Gasteiger partial charge is 0.287 e. The van der Waals surface area contributed by atoms with Crippen LogP contribution in [0.15, 0.2) is 29.1 Å². The standard InChI is InChI=1S/C13H11FN4O/c1-7-12(14)13(19)18-10(15-7)6-11-16-8-4-2-3-5-9(8)17-11/h2-5H,6H2,1H3,(H,16,17)(H,15,18,19). The Bertz CT molecular complexity index is 773. The maximum Gasteiger partial charge on any atom is 0.287 e. The quantitative estimate of drug-likeness (QED) is 0.734. The second-order valence-corrected chi connectivity index (χ2v) is 4.29. The molecule has 0 unspecified atom stereocenters. The van der Waals surface area contributed by atoms with E-state index in [4.69, 9.17) is 0 Å². The Morgan fingerprint density at radius 3 is 2.63 bits per heavy atom. The van der Waals surface area contributed by atoms with Crippen LogP contribution < -0.4 is 5.56 Å². The van der Waals surface area contributed by atoms with Crippen LogP contribution in [0.25, 0.3) is 11.0 Å². The van der Waals surface area contributed by atoms with Gasteiger partial charge in [0.25, 0.3) is 5.56 Å². The van der Waals surface area contributed by atoms with Crippen molar-refractivity contribution in [2.75, 3.05) is 0 Å². The van der Waals surface area contributed by atoms with E-state index in [0.29, 0.717) is 18.1 Å². The third-order valence-corrected chi connectivity index (χ3v) is 2.85. The third kappa shape index (κ3) is 2.12. The van der Waals surface area contributed by atoms with E-state index in [2.05, 4.69) is 19.9 Å². The summed E-state index contributed by atoms with van der Waals surface area (Å²) in [6.45, 7) is 1.46. The van der Waals surface area contributed by atoms with Crippen LogP contribution >= 0.6 is 0 Å². The predicted octanol–water partition coefficient (Wildman–Crippen LogP) is 1.68. The van der Waals surface area contributed by atoms with Gasteiger partial charge < -0.3 is 9.97 Å². The Morgan fingerprint density at radius 1 is 1.16 bits per heavy atom. The van der Waals surface area contributed by atoms with Crippen molar-refractivity contribution >= 4 is 11.0 Å². The summed E-state index contributed by atoms with van der Waals surface area (Å²) in [6, 6.07) is 7.61. The van der Waals surface area contributed by atoms with Gasteiger partial charge in [0, 0.05) is 0 Å². The fourth-order valence-corrected chi connectivity index (χ4v) is 1.96. The number of H-pyrrole nitrogens is 2. The van der Waals surface area contributed by atoms with Crippen LogP contribution in [0.4, 0.5) is 4.39 Å². The number of nitrogens with zero attached hydrogens (tertiary/aromatic N) is 2. The molecule has 96 valence electrons. The van der Waals surface area contributed by atoms with E-state index in [-0.39, 0.29) is 5.69 Å². The van der Waals surface area contributed by atoms with Crippen molar-refractivity contribution in [2.45, 2.75) is 13.3 Å². The number of aryl methyl sites for hydroxylation is 1. The minimum absolute atomic E-state index is 0.0925. The van der Waals surface area contributed by atoms with Crippen LogP contribution in [0, 0.1) is 12.7 Å². The molecule has 0 saturated carbocycles. The van der Waals surface area contributed by atoms with Gasteiger partial charge in [-0.25, -0.2) is 9.97 Å². The average molecular weight is 258 g/mol. The van der Waals surface area contributed by atoms with E-state index >= 15 is 0 Å². The number of hydrogen-bond donors (Lipinski definition) is 2. The summed E-state index contributed by atoms with van der Waals surface area (Å²) in [5.74, 6) is 0.228. The maximum absolute atomic E-state index is 13.2. The lowest BCUT2D eigenvalue weighted by molar-refractivity contribution is 0.582. The van der Waals surface area contributed by atoms with Gasteiger partial charge >= 0.3 is 0 Å². The molecule has 3 rings (SSSR count). The predicted molar refractivity (Wildman–Crippen MR) is 68.5 cm³/mol. The largest absolute Gasteiger partial charge is 0.342 e. The van der Waals surface area contributed by atoms with E-state index < -0.39 is 11.4 Å². The number of benzene rings is 1. The Labute approximate surface area is 107 Å². The third-order valence-electron chi connectivity index (χ3n) is 2.85. The Hall–Kier alpha value is -2.50. The molecular weight excluding hydrogens is 247 g/mol. The van der Waals surface area contributed by atoms with Gasteiger partial charge in [-0.1, -0.05) is 12.1 Å². The highest BCUT2D eigenvalue weighted by atomic mass is 19.1. The summed E-state index contributed by atoms with van der Waals surface area (Å²) >= 11 is 0. The molecule has 0 aliphatic rings. The van der Waals surface area contributed by atoms with Crippen LogP contribution in [-0.4, -0.2) is 19.9 Å². The molecule has 2 aromatic heterocycles. The van der Waals surface area contributed by atoms with E-state index in [1.807, 2.05) is 24.3 Å². The number of hydrogen-bond acceptors (Lipinski definition) is 3. The highest BCUT2D eigenvalue weighted by Crippen LogP contribution is 2.11. The van der Waals surface area contributed by atoms with Gasteiger partial charge in [-0.3, -0.25) is 4.79 Å². The summed E-state index contributed by atoms with van der Waals surface area (Å²) in [7, 11) is 0. The number of para-hydroxylation sites is 2. The van der Waals surface area contributed by atoms with Gasteiger partial charge in [-0.2, -0.15) is 4.39 Å². The van der Waals surface area contributed by atoms with Crippen LogP contribution in [0.3, 0.4) is 0 Å². The zero-order valence-electron chi connectivity index (χ0n) is 10.2. The van der Waals surface area contributed by atoms with Crippen molar-refractivity contribution in [2.24, 2.45) is 0 Å². The Balaban J connectivity index is 1.99. The monoisotopic (exact) mass is 258 g/mol. The molecule has 5 nitrogen and oxygen atoms in total. The van der Waals surface area contributed by atoms with E-state index in [1.165, 1.54) is 6.92 Å². The molecule has 0 bridgehead atoms. The number of rotatable bonds is 2. The summed E-state index contributed by atoms with van der Waals surface area (Å²) in [6.07, 6.45) is 0.324. The number of aromatic nitrogens is 4. The van der Waals surface area contributed by atoms with Crippen molar-refractivity contribution in [1.29, 1.82) is 0 Å². The van der Waals surface area contributed by atoms with Crippen LogP contribution in [0.1, 0.15) is 17.3 Å². The van der Waals surface area contributed by atoms with E-state index in [1.54, 1.807) is 0 Å². The number of nitrogens with one attached hydrogen (secondary N) is 2. The molecule has 0 saturated heterocycles. The topological polar surface area (TPSA) is 74.4 Å². The molecule has 2 N–H and O–H groups in total. The summed E-state index contributed by atoms with van der Waals surface area (Å²) in [5.41, 5.74) is 1.10. The normalized spacial score (nSPS) is 11.1. The highest BCUT2D eigenvalue weighted by Gasteiger charge is 2.09. The molecule has 1 aromatic carbocycles. The highest BCUT2D eigenvalue weighted by molar-refractivity contribution is 5.74. The van der Waals surface area contributed by atoms with Crippen molar-refractivity contribution in [1.82, 2.24) is 19.9 Å². The van der Waals surface area contributed by atoms with Crippen LogP contribution in [0.2, 0.25) is 0 Å². The van der Waals surface area contributed by atoms with Gasteiger partial charge in [-0.05, 0) is 19.1 Å². The first-order valence-electron chi connectivity index (χ1n) is 5.82.